The monoisotopic (exact) mass is 221 g/mol. The first-order chi connectivity index (χ1) is 7.56. The third kappa shape index (κ3) is 2.00. The molecule has 2 rings (SSSR count). The fourth-order valence-corrected chi connectivity index (χ4v) is 3.59. The summed E-state index contributed by atoms with van der Waals surface area (Å²) in [5, 5.41) is 0. The van der Waals surface area contributed by atoms with Gasteiger partial charge in [0.2, 0.25) is 0 Å². The number of nitrogens with zero attached hydrogens (tertiary/aromatic N) is 2. The van der Waals surface area contributed by atoms with Crippen LogP contribution in [0.5, 0.6) is 0 Å². The summed E-state index contributed by atoms with van der Waals surface area (Å²) in [4.78, 5) is 6.79. The van der Waals surface area contributed by atoms with Gasteiger partial charge < -0.3 is 10.6 Å². The molecule has 0 radical (unpaired) electrons. The minimum absolute atomic E-state index is 0.0225. The number of piperidine rings is 1. The molecule has 0 bridgehead atoms. The summed E-state index contributed by atoms with van der Waals surface area (Å²) in [6, 6.07) is 0.616. The van der Waals surface area contributed by atoms with Crippen LogP contribution in [-0.4, -0.2) is 44.2 Å². The van der Waals surface area contributed by atoms with Gasteiger partial charge in [0, 0.05) is 26.6 Å². The van der Waals surface area contributed by atoms with Gasteiger partial charge in [0.25, 0.3) is 0 Å². The lowest BCUT2D eigenvalue weighted by molar-refractivity contribution is 0.172. The van der Waals surface area contributed by atoms with Gasteiger partial charge in [-0.05, 0) is 30.6 Å². The van der Waals surface area contributed by atoms with E-state index >= 15 is 0 Å². The molecule has 90 valence electrons. The number of nitrogens with two attached hydrogens (primary N) is 1. The lowest BCUT2D eigenvalue weighted by Crippen LogP contribution is -2.58. The SMILES string of the molecule is BC1(N)CCCCC2C1CC/C(=N\C)N2C. The zero-order chi connectivity index (χ0) is 11.8. The third-order valence-corrected chi connectivity index (χ3v) is 4.62. The first-order valence-corrected chi connectivity index (χ1v) is 6.53. The van der Waals surface area contributed by atoms with E-state index in [-0.39, 0.29) is 5.44 Å². The Labute approximate surface area is 99.9 Å². The number of amidine groups is 1. The number of hydrogen-bond donors (Lipinski definition) is 1. The van der Waals surface area contributed by atoms with Crippen LogP contribution in [0.15, 0.2) is 4.99 Å². The molecule has 1 saturated carbocycles. The van der Waals surface area contributed by atoms with Gasteiger partial charge in [0.1, 0.15) is 7.85 Å². The van der Waals surface area contributed by atoms with Crippen LogP contribution in [-0.2, 0) is 0 Å². The molecule has 0 aromatic rings. The van der Waals surface area contributed by atoms with Crippen molar-refractivity contribution in [1.29, 1.82) is 0 Å². The Morgan fingerprint density at radius 1 is 1.44 bits per heavy atom. The van der Waals surface area contributed by atoms with Gasteiger partial charge in [-0.3, -0.25) is 4.99 Å². The molecule has 16 heavy (non-hydrogen) atoms. The van der Waals surface area contributed by atoms with Crippen molar-refractivity contribution in [3.05, 3.63) is 0 Å². The molecule has 1 aliphatic carbocycles. The van der Waals surface area contributed by atoms with Crippen LogP contribution in [0.3, 0.4) is 0 Å². The maximum Gasteiger partial charge on any atom is 0.127 e. The van der Waals surface area contributed by atoms with Crippen molar-refractivity contribution < 1.29 is 0 Å². The second-order valence-corrected chi connectivity index (χ2v) is 5.71. The molecule has 2 N–H and O–H groups in total. The Hall–Kier alpha value is -0.505. The molecule has 3 atom stereocenters. The van der Waals surface area contributed by atoms with Crippen molar-refractivity contribution in [3.8, 4) is 0 Å². The van der Waals surface area contributed by atoms with E-state index in [4.69, 9.17) is 5.73 Å². The average Bonchev–Trinajstić information content (AvgIpc) is 2.39. The molecule has 4 heteroatoms. The normalized spacial score (nSPS) is 42.9. The summed E-state index contributed by atoms with van der Waals surface area (Å²) in [5.41, 5.74) is 6.54. The average molecular weight is 221 g/mol. The number of hydrogen-bond acceptors (Lipinski definition) is 2. The molecule has 3 unspecified atom stereocenters. The molecular weight excluding hydrogens is 197 g/mol. The van der Waals surface area contributed by atoms with E-state index in [1.54, 1.807) is 0 Å². The van der Waals surface area contributed by atoms with E-state index in [0.717, 1.165) is 6.42 Å². The van der Waals surface area contributed by atoms with Gasteiger partial charge in [-0.2, -0.15) is 0 Å². The van der Waals surface area contributed by atoms with Crippen molar-refractivity contribution in [1.82, 2.24) is 4.90 Å². The fourth-order valence-electron chi connectivity index (χ4n) is 3.59. The Bertz CT molecular complexity index is 288. The Morgan fingerprint density at radius 3 is 2.88 bits per heavy atom. The molecule has 0 spiro atoms. The van der Waals surface area contributed by atoms with Gasteiger partial charge in [-0.15, -0.1) is 0 Å². The number of fused-ring (bicyclic) bond motifs is 1. The van der Waals surface area contributed by atoms with Crippen LogP contribution in [0.1, 0.15) is 38.5 Å². The smallest absolute Gasteiger partial charge is 0.127 e. The zero-order valence-corrected chi connectivity index (χ0v) is 10.9. The van der Waals surface area contributed by atoms with Crippen molar-refractivity contribution in [2.75, 3.05) is 14.1 Å². The van der Waals surface area contributed by atoms with E-state index in [0.29, 0.717) is 12.0 Å². The standard InChI is InChI=1S/C12H24BN3/c1-15-11-7-6-9-10(16(11)2)5-3-4-8-12(9,13)14/h9-10H,3-8,13-14H2,1-2H3/b15-11+. The van der Waals surface area contributed by atoms with E-state index < -0.39 is 0 Å². The third-order valence-electron chi connectivity index (χ3n) is 4.62. The highest BCUT2D eigenvalue weighted by molar-refractivity contribution is 6.15. The second-order valence-electron chi connectivity index (χ2n) is 5.71. The molecule has 0 amide bonds. The van der Waals surface area contributed by atoms with Crippen molar-refractivity contribution in [2.45, 2.75) is 50.0 Å². The Balaban J connectivity index is 2.23. The van der Waals surface area contributed by atoms with E-state index in [2.05, 4.69) is 24.8 Å². The van der Waals surface area contributed by atoms with Gasteiger partial charge in [-0.25, -0.2) is 0 Å². The van der Waals surface area contributed by atoms with Crippen LogP contribution in [0, 0.1) is 5.92 Å². The van der Waals surface area contributed by atoms with Crippen molar-refractivity contribution in [3.63, 3.8) is 0 Å². The summed E-state index contributed by atoms with van der Waals surface area (Å²) in [5.74, 6) is 1.91. The fraction of sp³-hybridized carbons (Fsp3) is 0.917. The van der Waals surface area contributed by atoms with Crippen molar-refractivity contribution in [2.24, 2.45) is 16.6 Å². The highest BCUT2D eigenvalue weighted by Gasteiger charge is 2.42. The Morgan fingerprint density at radius 2 is 2.19 bits per heavy atom. The van der Waals surface area contributed by atoms with E-state index in [1.807, 2.05) is 7.05 Å². The second kappa shape index (κ2) is 4.40. The van der Waals surface area contributed by atoms with Gasteiger partial charge in [-0.1, -0.05) is 12.8 Å². The molecular formula is C12H24BN3. The van der Waals surface area contributed by atoms with Crippen molar-refractivity contribution >= 4 is 13.7 Å². The first kappa shape index (κ1) is 12.0. The molecule has 2 aliphatic rings. The summed E-state index contributed by atoms with van der Waals surface area (Å²) < 4.78 is 0. The molecule has 1 aliphatic heterocycles. The minimum Gasteiger partial charge on any atom is -0.360 e. The van der Waals surface area contributed by atoms with Crippen LogP contribution in [0.25, 0.3) is 0 Å². The van der Waals surface area contributed by atoms with Crippen LogP contribution >= 0.6 is 0 Å². The lowest BCUT2D eigenvalue weighted by atomic mass is 9.62. The van der Waals surface area contributed by atoms with Gasteiger partial charge in [0.05, 0.1) is 5.84 Å². The van der Waals surface area contributed by atoms with Gasteiger partial charge in [0.15, 0.2) is 0 Å². The minimum atomic E-state index is 0.0225. The molecule has 2 fully saturated rings. The maximum atomic E-state index is 6.51. The molecule has 3 nitrogen and oxygen atoms in total. The predicted octanol–water partition coefficient (Wildman–Crippen LogP) is 0.587. The molecule has 0 aromatic heterocycles. The summed E-state index contributed by atoms with van der Waals surface area (Å²) >= 11 is 0. The molecule has 1 heterocycles. The molecule has 1 saturated heterocycles. The highest BCUT2D eigenvalue weighted by Crippen LogP contribution is 2.37. The lowest BCUT2D eigenvalue weighted by Gasteiger charge is -2.46. The first-order valence-electron chi connectivity index (χ1n) is 6.53. The summed E-state index contributed by atoms with van der Waals surface area (Å²) in [6.07, 6.45) is 7.38. The highest BCUT2D eigenvalue weighted by atomic mass is 15.2. The van der Waals surface area contributed by atoms with Crippen LogP contribution in [0.2, 0.25) is 0 Å². The zero-order valence-electron chi connectivity index (χ0n) is 10.9. The van der Waals surface area contributed by atoms with Crippen LogP contribution < -0.4 is 5.73 Å². The van der Waals surface area contributed by atoms with E-state index in [1.165, 1.54) is 37.9 Å². The largest absolute Gasteiger partial charge is 0.360 e. The topological polar surface area (TPSA) is 41.6 Å². The number of aliphatic imine (C=N–C) groups is 1. The number of likely N-dealkylation sites (tertiary alicyclic amines) is 1. The van der Waals surface area contributed by atoms with Crippen LogP contribution in [0.4, 0.5) is 0 Å². The van der Waals surface area contributed by atoms with Gasteiger partial charge >= 0.3 is 0 Å². The predicted molar refractivity (Wildman–Crippen MR) is 71.6 cm³/mol. The quantitative estimate of drug-likeness (QED) is 0.608. The maximum absolute atomic E-state index is 6.51. The number of rotatable bonds is 0. The van der Waals surface area contributed by atoms with E-state index in [9.17, 15) is 0 Å². The summed E-state index contributed by atoms with van der Waals surface area (Å²) in [7, 11) is 6.35. The Kier molecular flexibility index (Phi) is 3.29. The summed E-state index contributed by atoms with van der Waals surface area (Å²) in [6.45, 7) is 0. The molecule has 0 aromatic carbocycles.